The first-order valence-corrected chi connectivity index (χ1v) is 8.97. The largest absolute Gasteiger partial charge is 0.317 e. The van der Waals surface area contributed by atoms with Gasteiger partial charge in [-0.15, -0.1) is 12.8 Å². The van der Waals surface area contributed by atoms with E-state index in [1.807, 2.05) is 0 Å². The molecule has 118 valence electrons. The maximum Gasteiger partial charge on any atom is -0.00463 e. The molecule has 0 aromatic heterocycles. The molecule has 0 bridgehead atoms. The number of hydrogen-bond acceptors (Lipinski definition) is 1. The number of hydrogen-bond donors (Lipinski definition) is 1. The molecule has 0 aromatic carbocycles. The van der Waals surface area contributed by atoms with Crippen LogP contribution < -0.4 is 5.32 Å². The van der Waals surface area contributed by atoms with E-state index in [0.717, 1.165) is 5.92 Å². The number of piperidine rings is 1. The van der Waals surface area contributed by atoms with Gasteiger partial charge in [-0.25, -0.2) is 0 Å². The number of rotatable bonds is 11. The van der Waals surface area contributed by atoms with E-state index in [9.17, 15) is 0 Å². The van der Waals surface area contributed by atoms with Gasteiger partial charge in [0.1, 0.15) is 0 Å². The van der Waals surface area contributed by atoms with Crippen LogP contribution in [0.1, 0.15) is 90.4 Å². The van der Waals surface area contributed by atoms with Crippen LogP contribution in [0.4, 0.5) is 0 Å². The second kappa shape index (κ2) is 16.6. The molecule has 0 spiro atoms. The SMILES string of the molecule is C#C.CCCCCCCCCCCCC1CCNCC1. The zero-order valence-electron chi connectivity index (χ0n) is 13.8. The summed E-state index contributed by atoms with van der Waals surface area (Å²) in [5.74, 6) is 1.04. The second-order valence-electron chi connectivity index (χ2n) is 6.16. The van der Waals surface area contributed by atoms with Gasteiger partial charge in [0, 0.05) is 0 Å². The van der Waals surface area contributed by atoms with Gasteiger partial charge in [-0.3, -0.25) is 0 Å². The Bertz CT molecular complexity index is 191. The lowest BCUT2D eigenvalue weighted by atomic mass is 9.92. The van der Waals surface area contributed by atoms with Crippen molar-refractivity contribution in [3.63, 3.8) is 0 Å². The van der Waals surface area contributed by atoms with Crippen molar-refractivity contribution in [2.45, 2.75) is 90.4 Å². The summed E-state index contributed by atoms with van der Waals surface area (Å²) in [5, 5.41) is 3.45. The smallest absolute Gasteiger partial charge is 0.00463 e. The van der Waals surface area contributed by atoms with E-state index in [1.165, 1.54) is 96.6 Å². The molecule has 1 nitrogen and oxygen atoms in total. The molecule has 0 radical (unpaired) electrons. The minimum absolute atomic E-state index is 1.04. The van der Waals surface area contributed by atoms with Crippen LogP contribution in [0.5, 0.6) is 0 Å². The van der Waals surface area contributed by atoms with Crippen LogP contribution >= 0.6 is 0 Å². The van der Waals surface area contributed by atoms with Crippen molar-refractivity contribution >= 4 is 0 Å². The van der Waals surface area contributed by atoms with Crippen LogP contribution in [0.25, 0.3) is 0 Å². The minimum Gasteiger partial charge on any atom is -0.317 e. The average molecular weight is 280 g/mol. The van der Waals surface area contributed by atoms with Gasteiger partial charge in [-0.05, 0) is 31.8 Å². The first-order chi connectivity index (χ1) is 9.93. The van der Waals surface area contributed by atoms with E-state index in [0.29, 0.717) is 0 Å². The highest BCUT2D eigenvalue weighted by Crippen LogP contribution is 2.20. The third-order valence-corrected chi connectivity index (χ3v) is 4.42. The van der Waals surface area contributed by atoms with Crippen LogP contribution in [-0.4, -0.2) is 13.1 Å². The molecule has 0 atom stereocenters. The topological polar surface area (TPSA) is 12.0 Å². The fraction of sp³-hybridized carbons (Fsp3) is 0.895. The van der Waals surface area contributed by atoms with Gasteiger partial charge in [0.15, 0.2) is 0 Å². The first kappa shape index (κ1) is 19.5. The lowest BCUT2D eigenvalue weighted by Gasteiger charge is -2.22. The summed E-state index contributed by atoms with van der Waals surface area (Å²) in [6.45, 7) is 4.83. The Morgan fingerprint density at radius 2 is 1.20 bits per heavy atom. The molecule has 1 fully saturated rings. The van der Waals surface area contributed by atoms with E-state index in [1.54, 1.807) is 0 Å². The van der Waals surface area contributed by atoms with Crippen molar-refractivity contribution in [2.24, 2.45) is 5.92 Å². The fourth-order valence-electron chi connectivity index (χ4n) is 3.09. The molecular formula is C19H37N. The Labute approximate surface area is 128 Å². The highest BCUT2D eigenvalue weighted by Gasteiger charge is 2.11. The normalized spacial score (nSPS) is 15.6. The standard InChI is InChI=1S/C17H35N.C2H2/c1-2-3-4-5-6-7-8-9-10-11-12-17-13-15-18-16-14-17;1-2/h17-18H,2-16H2,1H3;1-2H. The molecule has 0 aromatic rings. The van der Waals surface area contributed by atoms with Crippen LogP contribution in [0.15, 0.2) is 0 Å². The van der Waals surface area contributed by atoms with E-state index in [-0.39, 0.29) is 0 Å². The van der Waals surface area contributed by atoms with E-state index >= 15 is 0 Å². The molecule has 1 saturated heterocycles. The van der Waals surface area contributed by atoms with Crippen molar-refractivity contribution in [3.05, 3.63) is 0 Å². The van der Waals surface area contributed by atoms with E-state index in [4.69, 9.17) is 0 Å². The summed E-state index contributed by atoms with van der Waals surface area (Å²) in [7, 11) is 0. The van der Waals surface area contributed by atoms with Gasteiger partial charge in [-0.1, -0.05) is 77.6 Å². The van der Waals surface area contributed by atoms with E-state index < -0.39 is 0 Å². The number of unbranched alkanes of at least 4 members (excludes halogenated alkanes) is 9. The van der Waals surface area contributed by atoms with Gasteiger partial charge < -0.3 is 5.32 Å². The Balaban J connectivity index is 0.00000172. The molecule has 1 heterocycles. The Hall–Kier alpha value is -0.480. The third kappa shape index (κ3) is 12.5. The Morgan fingerprint density at radius 1 is 0.750 bits per heavy atom. The summed E-state index contributed by atoms with van der Waals surface area (Å²) in [6, 6.07) is 0. The van der Waals surface area contributed by atoms with Crippen LogP contribution in [0.3, 0.4) is 0 Å². The van der Waals surface area contributed by atoms with Crippen molar-refractivity contribution in [3.8, 4) is 12.8 Å². The maximum atomic E-state index is 4.00. The summed E-state index contributed by atoms with van der Waals surface area (Å²) in [5.41, 5.74) is 0. The average Bonchev–Trinajstić information content (AvgIpc) is 2.52. The van der Waals surface area contributed by atoms with Crippen LogP contribution in [0.2, 0.25) is 0 Å². The third-order valence-electron chi connectivity index (χ3n) is 4.42. The molecule has 0 unspecified atom stereocenters. The van der Waals surface area contributed by atoms with Gasteiger partial charge in [0.2, 0.25) is 0 Å². The van der Waals surface area contributed by atoms with Gasteiger partial charge in [0.25, 0.3) is 0 Å². The lowest BCUT2D eigenvalue weighted by Crippen LogP contribution is -2.27. The summed E-state index contributed by atoms with van der Waals surface area (Å²) in [4.78, 5) is 0. The van der Waals surface area contributed by atoms with Crippen LogP contribution in [0, 0.1) is 18.8 Å². The van der Waals surface area contributed by atoms with Crippen molar-refractivity contribution in [1.82, 2.24) is 5.32 Å². The first-order valence-electron chi connectivity index (χ1n) is 8.97. The summed E-state index contributed by atoms with van der Waals surface area (Å²) in [6.07, 6.45) is 27.0. The maximum absolute atomic E-state index is 4.00. The second-order valence-corrected chi connectivity index (χ2v) is 6.16. The minimum atomic E-state index is 1.04. The predicted octanol–water partition coefficient (Wildman–Crippen LogP) is 5.55. The molecule has 20 heavy (non-hydrogen) atoms. The van der Waals surface area contributed by atoms with Crippen molar-refractivity contribution in [1.29, 1.82) is 0 Å². The molecular weight excluding hydrogens is 242 g/mol. The number of nitrogens with one attached hydrogen (secondary N) is 1. The van der Waals surface area contributed by atoms with E-state index in [2.05, 4.69) is 25.1 Å². The quantitative estimate of drug-likeness (QED) is 0.386. The Kier molecular flexibility index (Phi) is 16.2. The zero-order chi connectivity index (χ0) is 14.9. The molecule has 0 amide bonds. The molecule has 1 aliphatic rings. The van der Waals surface area contributed by atoms with Gasteiger partial charge in [0.05, 0.1) is 0 Å². The summed E-state index contributed by atoms with van der Waals surface area (Å²) >= 11 is 0. The highest BCUT2D eigenvalue weighted by atomic mass is 14.9. The zero-order valence-corrected chi connectivity index (χ0v) is 13.8. The molecule has 1 N–H and O–H groups in total. The lowest BCUT2D eigenvalue weighted by molar-refractivity contribution is 0.342. The molecule has 0 aliphatic carbocycles. The fourth-order valence-corrected chi connectivity index (χ4v) is 3.09. The molecule has 0 saturated carbocycles. The molecule has 1 heteroatoms. The van der Waals surface area contributed by atoms with Gasteiger partial charge >= 0.3 is 0 Å². The monoisotopic (exact) mass is 279 g/mol. The Morgan fingerprint density at radius 3 is 1.70 bits per heavy atom. The summed E-state index contributed by atoms with van der Waals surface area (Å²) < 4.78 is 0. The molecule has 1 aliphatic heterocycles. The predicted molar refractivity (Wildman–Crippen MR) is 91.9 cm³/mol. The van der Waals surface area contributed by atoms with Gasteiger partial charge in [-0.2, -0.15) is 0 Å². The highest BCUT2D eigenvalue weighted by molar-refractivity contribution is 4.68. The molecule has 1 rings (SSSR count). The number of terminal acetylenes is 1. The van der Waals surface area contributed by atoms with Crippen LogP contribution in [-0.2, 0) is 0 Å². The van der Waals surface area contributed by atoms with Crippen molar-refractivity contribution in [2.75, 3.05) is 13.1 Å². The van der Waals surface area contributed by atoms with Crippen molar-refractivity contribution < 1.29 is 0 Å².